The molecule has 0 unspecified atom stereocenters. The number of nitrogens with zero attached hydrogens (tertiary/aromatic N) is 4. The highest BCUT2D eigenvalue weighted by atomic mass is 32.2. The lowest BCUT2D eigenvalue weighted by atomic mass is 10.2. The van der Waals surface area contributed by atoms with Gasteiger partial charge in [0.1, 0.15) is 9.79 Å². The first-order valence-corrected chi connectivity index (χ1v) is 19.0. The molecule has 0 atom stereocenters. The molecule has 1 heterocycles. The topological polar surface area (TPSA) is 122 Å². The number of carbonyl (C=O) groups excluding carboxylic acids is 1. The van der Waals surface area contributed by atoms with Gasteiger partial charge in [-0.15, -0.1) is 0 Å². The van der Waals surface area contributed by atoms with Crippen molar-refractivity contribution in [3.63, 3.8) is 0 Å². The van der Waals surface area contributed by atoms with Crippen LogP contribution in [-0.4, -0.2) is 96.2 Å². The number of hydrogen-bond acceptors (Lipinski definition) is 8. The molecule has 3 aromatic rings. The monoisotopic (exact) mass is 684 g/mol. The Hall–Kier alpha value is -3.49. The molecular formula is C34H48N6O5S2. The van der Waals surface area contributed by atoms with E-state index >= 15 is 0 Å². The number of anilines is 2. The molecule has 4 rings (SSSR count). The summed E-state index contributed by atoms with van der Waals surface area (Å²) >= 11 is 0. The highest BCUT2D eigenvalue weighted by Crippen LogP contribution is 2.37. The first-order valence-electron chi connectivity index (χ1n) is 16.1. The smallest absolute Gasteiger partial charge is 0.245 e. The van der Waals surface area contributed by atoms with Crippen LogP contribution < -0.4 is 15.5 Å². The first-order chi connectivity index (χ1) is 22.4. The third-order valence-corrected chi connectivity index (χ3v) is 12.0. The number of rotatable bonds is 17. The fourth-order valence-corrected chi connectivity index (χ4v) is 8.49. The summed E-state index contributed by atoms with van der Waals surface area (Å²) < 4.78 is 59.9. The molecule has 0 saturated carbocycles. The van der Waals surface area contributed by atoms with Gasteiger partial charge in [-0.05, 0) is 56.1 Å². The van der Waals surface area contributed by atoms with E-state index in [1.54, 1.807) is 6.07 Å². The minimum absolute atomic E-state index is 0.104. The van der Waals surface area contributed by atoms with Crippen molar-refractivity contribution in [1.82, 2.24) is 18.8 Å². The van der Waals surface area contributed by atoms with Crippen molar-refractivity contribution in [2.45, 2.75) is 49.6 Å². The largest absolute Gasteiger partial charge is 0.383 e. The molecule has 1 saturated heterocycles. The molecule has 2 N–H and O–H groups in total. The molecule has 0 spiro atoms. The SMILES string of the molecule is CCN(CCNC(C)=O)c1cc(NCCN2CCCC2)c(S(=O)(=O)N(C)Cc2ccccc2)cc1S(=O)(=O)N(C)Cc1ccccc1. The van der Waals surface area contributed by atoms with E-state index in [2.05, 4.69) is 15.5 Å². The van der Waals surface area contributed by atoms with E-state index in [1.165, 1.54) is 35.7 Å². The standard InChI is InChI=1S/C34H48N6O5S2/c1-5-40(23-19-35-28(2)41)32-24-31(36-18-22-39-20-12-13-21-39)33(46(42,43)37(3)26-29-14-8-6-9-15-29)25-34(32)47(44,45)38(4)27-30-16-10-7-11-17-30/h6-11,14-17,24-25,36H,5,12-13,18-23,26-27H2,1-4H3,(H,35,41). The average Bonchev–Trinajstić information content (AvgIpc) is 3.57. The zero-order valence-corrected chi connectivity index (χ0v) is 29.5. The van der Waals surface area contributed by atoms with Crippen molar-refractivity contribution in [2.75, 3.05) is 70.1 Å². The number of benzene rings is 3. The summed E-state index contributed by atoms with van der Waals surface area (Å²) in [6.07, 6.45) is 2.27. The first kappa shape index (κ1) is 36.3. The fraction of sp³-hybridized carbons (Fsp3) is 0.441. The van der Waals surface area contributed by atoms with E-state index in [0.717, 1.165) is 43.6 Å². The van der Waals surface area contributed by atoms with Crippen molar-refractivity contribution >= 4 is 37.3 Å². The van der Waals surface area contributed by atoms with Gasteiger partial charge in [0.25, 0.3) is 0 Å². The molecule has 1 amide bonds. The van der Waals surface area contributed by atoms with Crippen LogP contribution in [0, 0.1) is 0 Å². The van der Waals surface area contributed by atoms with Crippen molar-refractivity contribution in [3.8, 4) is 0 Å². The molecule has 47 heavy (non-hydrogen) atoms. The predicted octanol–water partition coefficient (Wildman–Crippen LogP) is 3.80. The van der Waals surface area contributed by atoms with E-state index < -0.39 is 20.0 Å². The molecule has 3 aromatic carbocycles. The number of carbonyl (C=O) groups is 1. The number of hydrogen-bond donors (Lipinski definition) is 2. The number of likely N-dealkylation sites (N-methyl/N-ethyl adjacent to an activating group) is 1. The van der Waals surface area contributed by atoms with Crippen molar-refractivity contribution in [2.24, 2.45) is 0 Å². The molecular weight excluding hydrogens is 637 g/mol. The Balaban J connectivity index is 1.83. The summed E-state index contributed by atoms with van der Waals surface area (Å²) in [4.78, 5) is 15.6. The lowest BCUT2D eigenvalue weighted by molar-refractivity contribution is -0.118. The van der Waals surface area contributed by atoms with Crippen LogP contribution in [0.2, 0.25) is 0 Å². The van der Waals surface area contributed by atoms with Gasteiger partial charge in [-0.2, -0.15) is 8.61 Å². The molecule has 11 nitrogen and oxygen atoms in total. The van der Waals surface area contributed by atoms with Gasteiger partial charge in [0.15, 0.2) is 0 Å². The Labute approximate surface area is 280 Å². The summed E-state index contributed by atoms with van der Waals surface area (Å²) in [6, 6.07) is 21.5. The molecule has 1 aliphatic heterocycles. The highest BCUT2D eigenvalue weighted by molar-refractivity contribution is 7.90. The summed E-state index contributed by atoms with van der Waals surface area (Å²) in [5.41, 5.74) is 2.31. The van der Waals surface area contributed by atoms with Gasteiger partial charge in [0.2, 0.25) is 26.0 Å². The molecule has 0 radical (unpaired) electrons. The zero-order valence-electron chi connectivity index (χ0n) is 27.9. The van der Waals surface area contributed by atoms with Crippen LogP contribution in [0.5, 0.6) is 0 Å². The van der Waals surface area contributed by atoms with Crippen LogP contribution in [0.15, 0.2) is 82.6 Å². The average molecular weight is 685 g/mol. The minimum Gasteiger partial charge on any atom is -0.383 e. The predicted molar refractivity (Wildman–Crippen MR) is 187 cm³/mol. The lowest BCUT2D eigenvalue weighted by Crippen LogP contribution is -2.36. The van der Waals surface area contributed by atoms with Gasteiger partial charge >= 0.3 is 0 Å². The van der Waals surface area contributed by atoms with Crippen molar-refractivity contribution in [3.05, 3.63) is 83.9 Å². The van der Waals surface area contributed by atoms with E-state index in [-0.39, 0.29) is 28.8 Å². The quantitative estimate of drug-likeness (QED) is 0.220. The number of amides is 1. The highest BCUT2D eigenvalue weighted by Gasteiger charge is 2.33. The van der Waals surface area contributed by atoms with E-state index in [4.69, 9.17) is 0 Å². The maximum Gasteiger partial charge on any atom is 0.245 e. The fourth-order valence-electron chi connectivity index (χ4n) is 5.71. The van der Waals surface area contributed by atoms with E-state index in [0.29, 0.717) is 37.6 Å². The third-order valence-electron chi connectivity index (χ3n) is 8.35. The van der Waals surface area contributed by atoms with Crippen LogP contribution in [0.1, 0.15) is 37.8 Å². The maximum absolute atomic E-state index is 14.4. The Kier molecular flexibility index (Phi) is 12.8. The second kappa shape index (κ2) is 16.6. The van der Waals surface area contributed by atoms with Gasteiger partial charge in [-0.3, -0.25) is 4.79 Å². The molecule has 0 bridgehead atoms. The van der Waals surface area contributed by atoms with Crippen molar-refractivity contribution in [1.29, 1.82) is 0 Å². The second-order valence-electron chi connectivity index (χ2n) is 11.8. The summed E-state index contributed by atoms with van der Waals surface area (Å²) in [5, 5.41) is 6.14. The normalized spacial score (nSPS) is 14.1. The summed E-state index contributed by atoms with van der Waals surface area (Å²) in [7, 11) is -5.36. The zero-order chi connectivity index (χ0) is 34.0. The van der Waals surface area contributed by atoms with Gasteiger partial charge in [-0.25, -0.2) is 16.8 Å². The molecule has 1 fully saturated rings. The third kappa shape index (κ3) is 9.54. The number of likely N-dealkylation sites (tertiary alicyclic amines) is 1. The van der Waals surface area contributed by atoms with E-state index in [9.17, 15) is 21.6 Å². The maximum atomic E-state index is 14.4. The molecule has 256 valence electrons. The summed E-state index contributed by atoms with van der Waals surface area (Å²) in [5.74, 6) is -0.191. The van der Waals surface area contributed by atoms with Gasteiger partial charge in [-0.1, -0.05) is 60.7 Å². The molecule has 1 aliphatic rings. The van der Waals surface area contributed by atoms with Crippen LogP contribution >= 0.6 is 0 Å². The van der Waals surface area contributed by atoms with Gasteiger partial charge in [0.05, 0.1) is 11.4 Å². The second-order valence-corrected chi connectivity index (χ2v) is 15.9. The summed E-state index contributed by atoms with van der Waals surface area (Å²) in [6.45, 7) is 7.81. The van der Waals surface area contributed by atoms with Crippen LogP contribution in [0.3, 0.4) is 0 Å². The van der Waals surface area contributed by atoms with Gasteiger partial charge < -0.3 is 20.4 Å². The lowest BCUT2D eigenvalue weighted by Gasteiger charge is -2.30. The molecule has 0 aromatic heterocycles. The van der Waals surface area contributed by atoms with Crippen LogP contribution in [0.4, 0.5) is 11.4 Å². The Morgan fingerprint density at radius 3 is 1.83 bits per heavy atom. The number of nitrogens with one attached hydrogen (secondary N) is 2. The molecule has 0 aliphatic carbocycles. The van der Waals surface area contributed by atoms with E-state index in [1.807, 2.05) is 72.5 Å². The minimum atomic E-state index is -4.20. The number of sulfonamides is 2. The van der Waals surface area contributed by atoms with Crippen LogP contribution in [0.25, 0.3) is 0 Å². The Morgan fingerprint density at radius 2 is 1.32 bits per heavy atom. The van der Waals surface area contributed by atoms with Crippen molar-refractivity contribution < 1.29 is 21.6 Å². The van der Waals surface area contributed by atoms with Gasteiger partial charge in [0, 0.05) is 66.8 Å². The Bertz CT molecular complexity index is 1680. The molecule has 13 heteroatoms. The van der Waals surface area contributed by atoms with Crippen LogP contribution in [-0.2, 0) is 37.9 Å². The Morgan fingerprint density at radius 1 is 0.787 bits per heavy atom.